The Kier molecular flexibility index (Phi) is 5.36. The first-order valence-corrected chi connectivity index (χ1v) is 8.04. The summed E-state index contributed by atoms with van der Waals surface area (Å²) in [6.07, 6.45) is 1.48. The van der Waals surface area contributed by atoms with Crippen LogP contribution in [0.3, 0.4) is 0 Å². The quantitative estimate of drug-likeness (QED) is 0.689. The van der Waals surface area contributed by atoms with Crippen LogP contribution in [0, 0.1) is 0 Å². The second kappa shape index (κ2) is 8.06. The van der Waals surface area contributed by atoms with E-state index in [0.29, 0.717) is 17.9 Å². The summed E-state index contributed by atoms with van der Waals surface area (Å²) < 4.78 is 16.4. The van der Waals surface area contributed by atoms with Crippen LogP contribution in [0.4, 0.5) is 5.69 Å². The topological polar surface area (TPSA) is 60.7 Å². The largest absolute Gasteiger partial charge is 0.494 e. The smallest absolute Gasteiger partial charge is 0.291 e. The molecule has 0 bridgehead atoms. The number of nitrogens with one attached hydrogen (secondary N) is 1. The van der Waals surface area contributed by atoms with Crippen LogP contribution in [0.25, 0.3) is 0 Å². The van der Waals surface area contributed by atoms with Gasteiger partial charge >= 0.3 is 0 Å². The number of carbonyl (C=O) groups excluding carboxylic acids is 1. The highest BCUT2D eigenvalue weighted by Gasteiger charge is 2.16. The van der Waals surface area contributed by atoms with Crippen molar-refractivity contribution in [1.29, 1.82) is 0 Å². The summed E-state index contributed by atoms with van der Waals surface area (Å²) >= 11 is 0. The van der Waals surface area contributed by atoms with Gasteiger partial charge in [-0.2, -0.15) is 0 Å². The van der Waals surface area contributed by atoms with Crippen molar-refractivity contribution in [3.05, 3.63) is 78.3 Å². The Labute approximate surface area is 146 Å². The van der Waals surface area contributed by atoms with Gasteiger partial charge in [0, 0.05) is 11.3 Å². The van der Waals surface area contributed by atoms with Crippen molar-refractivity contribution in [3.8, 4) is 11.5 Å². The molecule has 0 atom stereocenters. The van der Waals surface area contributed by atoms with Gasteiger partial charge in [0.15, 0.2) is 5.76 Å². The molecule has 0 spiro atoms. The molecule has 3 rings (SSSR count). The summed E-state index contributed by atoms with van der Waals surface area (Å²) in [6, 6.07) is 18.3. The van der Waals surface area contributed by atoms with Gasteiger partial charge in [-0.05, 0) is 49.4 Å². The van der Waals surface area contributed by atoms with Crippen molar-refractivity contribution in [3.63, 3.8) is 0 Å². The van der Waals surface area contributed by atoms with Gasteiger partial charge in [-0.3, -0.25) is 4.79 Å². The summed E-state index contributed by atoms with van der Waals surface area (Å²) in [5, 5.41) is 2.81. The fraction of sp³-hybridized carbons (Fsp3) is 0.150. The first-order valence-electron chi connectivity index (χ1n) is 8.04. The Morgan fingerprint density at radius 3 is 2.40 bits per heavy atom. The number of para-hydroxylation sites is 1. The molecule has 5 heteroatoms. The van der Waals surface area contributed by atoms with Gasteiger partial charge in [0.25, 0.3) is 5.91 Å². The Hall–Kier alpha value is -3.21. The highest BCUT2D eigenvalue weighted by Crippen LogP contribution is 2.19. The third-order valence-corrected chi connectivity index (χ3v) is 3.51. The fourth-order valence-electron chi connectivity index (χ4n) is 2.32. The molecule has 2 aromatic carbocycles. The maximum Gasteiger partial charge on any atom is 0.291 e. The lowest BCUT2D eigenvalue weighted by Gasteiger charge is -2.08. The lowest BCUT2D eigenvalue weighted by atomic mass is 10.2. The van der Waals surface area contributed by atoms with Gasteiger partial charge in [-0.15, -0.1) is 0 Å². The van der Waals surface area contributed by atoms with Gasteiger partial charge in [-0.1, -0.05) is 18.2 Å². The van der Waals surface area contributed by atoms with Gasteiger partial charge < -0.3 is 19.2 Å². The van der Waals surface area contributed by atoms with Gasteiger partial charge in [0.05, 0.1) is 12.9 Å². The van der Waals surface area contributed by atoms with Crippen molar-refractivity contribution in [2.45, 2.75) is 13.5 Å². The second-order valence-corrected chi connectivity index (χ2v) is 5.29. The van der Waals surface area contributed by atoms with E-state index in [9.17, 15) is 4.79 Å². The minimum Gasteiger partial charge on any atom is -0.494 e. The summed E-state index contributed by atoms with van der Waals surface area (Å²) in [6.45, 7) is 2.78. The molecule has 0 aliphatic carbocycles. The van der Waals surface area contributed by atoms with Crippen LogP contribution in [0.5, 0.6) is 11.5 Å². The van der Waals surface area contributed by atoms with E-state index in [1.807, 2.05) is 37.3 Å². The highest BCUT2D eigenvalue weighted by atomic mass is 16.5. The van der Waals surface area contributed by atoms with Crippen molar-refractivity contribution < 1.29 is 18.7 Å². The van der Waals surface area contributed by atoms with Crippen molar-refractivity contribution >= 4 is 11.6 Å². The van der Waals surface area contributed by atoms with E-state index in [2.05, 4.69) is 5.32 Å². The zero-order chi connectivity index (χ0) is 17.5. The molecule has 25 heavy (non-hydrogen) atoms. The predicted molar refractivity (Wildman–Crippen MR) is 95.0 cm³/mol. The van der Waals surface area contributed by atoms with Crippen LogP contribution in [-0.4, -0.2) is 12.5 Å². The zero-order valence-electron chi connectivity index (χ0n) is 13.9. The second-order valence-electron chi connectivity index (χ2n) is 5.29. The summed E-state index contributed by atoms with van der Waals surface area (Å²) in [7, 11) is 0. The molecule has 1 amide bonds. The number of ether oxygens (including phenoxy) is 2. The molecule has 1 heterocycles. The number of hydrogen-bond donors (Lipinski definition) is 1. The standard InChI is InChI=1S/C20H19NO4/c1-2-23-18-10-8-16(9-11-18)21-20(22)19-15(12-13-24-19)14-25-17-6-4-3-5-7-17/h3-13H,2,14H2,1H3,(H,21,22). The molecule has 3 aromatic rings. The third-order valence-electron chi connectivity index (χ3n) is 3.51. The zero-order valence-corrected chi connectivity index (χ0v) is 13.9. The monoisotopic (exact) mass is 337 g/mol. The first-order chi connectivity index (χ1) is 12.3. The number of furan rings is 1. The SMILES string of the molecule is CCOc1ccc(NC(=O)c2occc2COc2ccccc2)cc1. The van der Waals surface area contributed by atoms with E-state index in [1.165, 1.54) is 6.26 Å². The Morgan fingerprint density at radius 1 is 0.960 bits per heavy atom. The minimum absolute atomic E-state index is 0.241. The van der Waals surface area contributed by atoms with Crippen molar-refractivity contribution in [2.75, 3.05) is 11.9 Å². The molecule has 0 aliphatic rings. The van der Waals surface area contributed by atoms with Crippen LogP contribution in [0.2, 0.25) is 0 Å². The summed E-state index contributed by atoms with van der Waals surface area (Å²) in [5.41, 5.74) is 1.35. The van der Waals surface area contributed by atoms with E-state index in [1.54, 1.807) is 30.3 Å². The maximum atomic E-state index is 12.4. The number of hydrogen-bond acceptors (Lipinski definition) is 4. The minimum atomic E-state index is -0.319. The Balaban J connectivity index is 1.63. The molecule has 0 fully saturated rings. The molecule has 1 aromatic heterocycles. The van der Waals surface area contributed by atoms with E-state index in [-0.39, 0.29) is 18.3 Å². The Morgan fingerprint density at radius 2 is 1.68 bits per heavy atom. The van der Waals surface area contributed by atoms with Crippen LogP contribution >= 0.6 is 0 Å². The number of carbonyl (C=O) groups is 1. The van der Waals surface area contributed by atoms with E-state index < -0.39 is 0 Å². The van der Waals surface area contributed by atoms with Crippen LogP contribution in [0.15, 0.2) is 71.3 Å². The molecular weight excluding hydrogens is 318 g/mol. The molecular formula is C20H19NO4. The van der Waals surface area contributed by atoms with Gasteiger partial charge in [0.1, 0.15) is 18.1 Å². The van der Waals surface area contributed by atoms with E-state index >= 15 is 0 Å². The maximum absolute atomic E-state index is 12.4. The van der Waals surface area contributed by atoms with Crippen molar-refractivity contribution in [2.24, 2.45) is 0 Å². The highest BCUT2D eigenvalue weighted by molar-refractivity contribution is 6.03. The van der Waals surface area contributed by atoms with E-state index in [4.69, 9.17) is 13.9 Å². The third kappa shape index (κ3) is 4.41. The van der Waals surface area contributed by atoms with Gasteiger partial charge in [-0.25, -0.2) is 0 Å². The van der Waals surface area contributed by atoms with Crippen LogP contribution in [-0.2, 0) is 6.61 Å². The lowest BCUT2D eigenvalue weighted by molar-refractivity contribution is 0.0993. The Bertz CT molecular complexity index is 809. The molecule has 0 saturated heterocycles. The molecule has 0 radical (unpaired) electrons. The molecule has 1 N–H and O–H groups in total. The van der Waals surface area contributed by atoms with Crippen LogP contribution < -0.4 is 14.8 Å². The first kappa shape index (κ1) is 16.6. The molecule has 0 aliphatic heterocycles. The normalized spacial score (nSPS) is 10.3. The fourth-order valence-corrected chi connectivity index (χ4v) is 2.32. The van der Waals surface area contributed by atoms with Crippen molar-refractivity contribution in [1.82, 2.24) is 0 Å². The molecule has 128 valence electrons. The molecule has 0 saturated carbocycles. The number of benzene rings is 2. The van der Waals surface area contributed by atoms with Gasteiger partial charge in [0.2, 0.25) is 0 Å². The average molecular weight is 337 g/mol. The molecule has 0 unspecified atom stereocenters. The van der Waals surface area contributed by atoms with E-state index in [0.717, 1.165) is 11.5 Å². The summed E-state index contributed by atoms with van der Waals surface area (Å²) in [4.78, 5) is 12.4. The number of rotatable bonds is 7. The van der Waals surface area contributed by atoms with Crippen LogP contribution in [0.1, 0.15) is 23.0 Å². The number of anilines is 1. The summed E-state index contributed by atoms with van der Waals surface area (Å²) in [5.74, 6) is 1.42. The average Bonchev–Trinajstić information content (AvgIpc) is 3.11. The predicted octanol–water partition coefficient (Wildman–Crippen LogP) is 4.51. The number of amides is 1. The molecule has 5 nitrogen and oxygen atoms in total. The lowest BCUT2D eigenvalue weighted by Crippen LogP contribution is -2.13.